The van der Waals surface area contributed by atoms with Gasteiger partial charge in [-0.15, -0.1) is 0 Å². The van der Waals surface area contributed by atoms with Gasteiger partial charge < -0.3 is 0 Å². The Morgan fingerprint density at radius 1 is 0.864 bits per heavy atom. The second-order valence-electron chi connectivity index (χ2n) is 6.60. The molecule has 0 saturated heterocycles. The van der Waals surface area contributed by atoms with E-state index in [-0.39, 0.29) is 0 Å². The van der Waals surface area contributed by atoms with E-state index in [1.165, 1.54) is 33.2 Å². The van der Waals surface area contributed by atoms with Gasteiger partial charge in [0.05, 0.1) is 11.2 Å². The van der Waals surface area contributed by atoms with E-state index in [1.807, 2.05) is 0 Å². The zero-order chi connectivity index (χ0) is 15.9. The molecule has 0 N–H and O–H groups in total. The van der Waals surface area contributed by atoms with Crippen molar-refractivity contribution < 1.29 is 0 Å². The first-order chi connectivity index (χ1) is 10.5. The molecule has 0 bridgehead atoms. The third-order valence-corrected chi connectivity index (χ3v) is 4.22. The number of hydrogen-bond acceptors (Lipinski definition) is 1. The first-order valence-corrected chi connectivity index (χ1v) is 7.94. The molecule has 1 heteroatoms. The van der Waals surface area contributed by atoms with Gasteiger partial charge in [0, 0.05) is 10.9 Å². The summed E-state index contributed by atoms with van der Waals surface area (Å²) in [6, 6.07) is 15.4. The van der Waals surface area contributed by atoms with E-state index < -0.39 is 0 Å². The van der Waals surface area contributed by atoms with Crippen molar-refractivity contribution in [2.24, 2.45) is 0 Å². The van der Waals surface area contributed by atoms with Gasteiger partial charge in [0.15, 0.2) is 0 Å². The van der Waals surface area contributed by atoms with Crippen molar-refractivity contribution in [3.63, 3.8) is 0 Å². The molecular weight excluding hydrogens is 266 g/mol. The van der Waals surface area contributed by atoms with Crippen LogP contribution in [0.15, 0.2) is 42.5 Å². The van der Waals surface area contributed by atoms with Crippen molar-refractivity contribution in [2.75, 3.05) is 0 Å². The van der Waals surface area contributed by atoms with Crippen molar-refractivity contribution >= 4 is 10.9 Å². The highest BCUT2D eigenvalue weighted by molar-refractivity contribution is 5.86. The molecule has 3 rings (SSSR count). The maximum Gasteiger partial charge on any atom is 0.0744 e. The van der Waals surface area contributed by atoms with Gasteiger partial charge in [-0.3, -0.25) is 0 Å². The van der Waals surface area contributed by atoms with Crippen molar-refractivity contribution in [1.29, 1.82) is 0 Å². The van der Waals surface area contributed by atoms with E-state index >= 15 is 0 Å². The summed E-state index contributed by atoms with van der Waals surface area (Å²) in [4.78, 5) is 5.01. The van der Waals surface area contributed by atoms with Crippen LogP contribution in [-0.2, 0) is 0 Å². The standard InChI is InChI=1S/C21H23N/c1-13(2)18-12-19-16(5)7-6-8-20(19)22-21(18)17-10-14(3)9-15(4)11-17/h6-13H,1-5H3. The minimum Gasteiger partial charge on any atom is -0.247 e. The van der Waals surface area contributed by atoms with Gasteiger partial charge in [0.2, 0.25) is 0 Å². The lowest BCUT2D eigenvalue weighted by Crippen LogP contribution is -1.98. The number of benzene rings is 2. The Morgan fingerprint density at radius 2 is 1.55 bits per heavy atom. The number of rotatable bonds is 2. The highest BCUT2D eigenvalue weighted by atomic mass is 14.7. The smallest absolute Gasteiger partial charge is 0.0744 e. The molecule has 0 fully saturated rings. The molecule has 0 aliphatic heterocycles. The van der Waals surface area contributed by atoms with Crippen molar-refractivity contribution in [2.45, 2.75) is 40.5 Å². The topological polar surface area (TPSA) is 12.9 Å². The van der Waals surface area contributed by atoms with Crippen LogP contribution in [0.25, 0.3) is 22.2 Å². The lowest BCUT2D eigenvalue weighted by Gasteiger charge is -2.15. The number of nitrogens with zero attached hydrogens (tertiary/aromatic N) is 1. The monoisotopic (exact) mass is 289 g/mol. The van der Waals surface area contributed by atoms with Gasteiger partial charge in [-0.1, -0.05) is 43.2 Å². The average molecular weight is 289 g/mol. The van der Waals surface area contributed by atoms with Gasteiger partial charge in [-0.05, 0) is 62.1 Å². The van der Waals surface area contributed by atoms with Crippen molar-refractivity contribution in [3.05, 3.63) is 64.7 Å². The first-order valence-electron chi connectivity index (χ1n) is 7.94. The van der Waals surface area contributed by atoms with E-state index in [1.54, 1.807) is 0 Å². The molecule has 0 atom stereocenters. The Hall–Kier alpha value is -2.15. The van der Waals surface area contributed by atoms with Crippen LogP contribution in [0.5, 0.6) is 0 Å². The maximum absolute atomic E-state index is 5.01. The van der Waals surface area contributed by atoms with Crippen molar-refractivity contribution in [1.82, 2.24) is 4.98 Å². The molecule has 0 spiro atoms. The normalized spacial score (nSPS) is 11.4. The predicted molar refractivity (Wildman–Crippen MR) is 95.5 cm³/mol. The summed E-state index contributed by atoms with van der Waals surface area (Å²) in [6.07, 6.45) is 0. The summed E-state index contributed by atoms with van der Waals surface area (Å²) in [6.45, 7) is 10.9. The van der Waals surface area contributed by atoms with Gasteiger partial charge in [0.1, 0.15) is 0 Å². The third-order valence-electron chi connectivity index (χ3n) is 4.22. The first kappa shape index (κ1) is 14.8. The summed E-state index contributed by atoms with van der Waals surface area (Å²) >= 11 is 0. The fourth-order valence-electron chi connectivity index (χ4n) is 3.14. The van der Waals surface area contributed by atoms with E-state index in [0.717, 1.165) is 11.2 Å². The fourth-order valence-corrected chi connectivity index (χ4v) is 3.14. The summed E-state index contributed by atoms with van der Waals surface area (Å²) in [5.74, 6) is 0.451. The second kappa shape index (κ2) is 5.57. The second-order valence-corrected chi connectivity index (χ2v) is 6.60. The van der Waals surface area contributed by atoms with Crippen LogP contribution in [0.4, 0.5) is 0 Å². The average Bonchev–Trinajstić information content (AvgIpc) is 2.45. The van der Waals surface area contributed by atoms with Crippen LogP contribution in [0, 0.1) is 20.8 Å². The van der Waals surface area contributed by atoms with E-state index in [4.69, 9.17) is 4.98 Å². The summed E-state index contributed by atoms with van der Waals surface area (Å²) in [5.41, 5.74) is 8.63. The van der Waals surface area contributed by atoms with Crippen LogP contribution in [0.3, 0.4) is 0 Å². The number of pyridine rings is 1. The van der Waals surface area contributed by atoms with Crippen LogP contribution < -0.4 is 0 Å². The molecule has 0 aliphatic carbocycles. The van der Waals surface area contributed by atoms with Gasteiger partial charge in [0.25, 0.3) is 0 Å². The summed E-state index contributed by atoms with van der Waals surface area (Å²) in [7, 11) is 0. The maximum atomic E-state index is 5.01. The molecule has 0 unspecified atom stereocenters. The van der Waals surface area contributed by atoms with Crippen molar-refractivity contribution in [3.8, 4) is 11.3 Å². The number of aromatic nitrogens is 1. The predicted octanol–water partition coefficient (Wildman–Crippen LogP) is 5.95. The number of fused-ring (bicyclic) bond motifs is 1. The molecule has 1 aromatic heterocycles. The Kier molecular flexibility index (Phi) is 3.74. The third kappa shape index (κ3) is 2.64. The van der Waals surface area contributed by atoms with Crippen LogP contribution in [0.1, 0.15) is 42.0 Å². The summed E-state index contributed by atoms with van der Waals surface area (Å²) in [5, 5.41) is 1.26. The molecular formula is C21H23N. The highest BCUT2D eigenvalue weighted by Gasteiger charge is 2.13. The molecule has 1 heterocycles. The van der Waals surface area contributed by atoms with Crippen LogP contribution in [-0.4, -0.2) is 4.98 Å². The molecule has 0 saturated carbocycles. The number of hydrogen-bond donors (Lipinski definition) is 0. The molecule has 0 radical (unpaired) electrons. The Balaban J connectivity index is 2.34. The van der Waals surface area contributed by atoms with E-state index in [0.29, 0.717) is 5.92 Å². The zero-order valence-corrected chi connectivity index (χ0v) is 14.1. The van der Waals surface area contributed by atoms with E-state index in [9.17, 15) is 0 Å². The minimum atomic E-state index is 0.451. The SMILES string of the molecule is Cc1cc(C)cc(-c2nc3cccc(C)c3cc2C(C)C)c1. The molecule has 0 aliphatic rings. The molecule has 2 aromatic carbocycles. The fraction of sp³-hybridized carbons (Fsp3) is 0.286. The lowest BCUT2D eigenvalue weighted by atomic mass is 9.93. The van der Waals surface area contributed by atoms with E-state index in [2.05, 4.69) is 77.1 Å². The molecule has 1 nitrogen and oxygen atoms in total. The largest absolute Gasteiger partial charge is 0.247 e. The molecule has 3 aromatic rings. The van der Waals surface area contributed by atoms with Crippen LogP contribution in [0.2, 0.25) is 0 Å². The molecule has 112 valence electrons. The number of aryl methyl sites for hydroxylation is 3. The molecule has 22 heavy (non-hydrogen) atoms. The Bertz CT molecular complexity index is 824. The molecule has 0 amide bonds. The summed E-state index contributed by atoms with van der Waals surface area (Å²) < 4.78 is 0. The minimum absolute atomic E-state index is 0.451. The zero-order valence-electron chi connectivity index (χ0n) is 14.1. The van der Waals surface area contributed by atoms with Gasteiger partial charge >= 0.3 is 0 Å². The van der Waals surface area contributed by atoms with Gasteiger partial charge in [-0.2, -0.15) is 0 Å². The highest BCUT2D eigenvalue weighted by Crippen LogP contribution is 2.32. The Morgan fingerprint density at radius 3 is 2.18 bits per heavy atom. The quantitative estimate of drug-likeness (QED) is 0.568. The lowest BCUT2D eigenvalue weighted by molar-refractivity contribution is 0.865. The van der Waals surface area contributed by atoms with Crippen LogP contribution >= 0.6 is 0 Å². The van der Waals surface area contributed by atoms with Gasteiger partial charge in [-0.25, -0.2) is 4.98 Å². The Labute approximate surface area is 133 Å².